The van der Waals surface area contributed by atoms with Gasteiger partial charge in [-0.2, -0.15) is 0 Å². The highest BCUT2D eigenvalue weighted by Gasteiger charge is 2.08. The molecule has 0 fully saturated rings. The number of ether oxygens (including phenoxy) is 1. The van der Waals surface area contributed by atoms with E-state index in [4.69, 9.17) is 10.5 Å². The first kappa shape index (κ1) is 15.2. The molecular formula is C14H23NO2S. The summed E-state index contributed by atoms with van der Waals surface area (Å²) in [4.78, 5) is 0. The predicted octanol–water partition coefficient (Wildman–Crippen LogP) is 2.46. The second-order valence-corrected chi connectivity index (χ2v) is 6.29. The maximum atomic E-state index is 11.7. The first-order chi connectivity index (χ1) is 8.69. The van der Waals surface area contributed by atoms with Crippen molar-refractivity contribution in [3.05, 3.63) is 29.8 Å². The zero-order chi connectivity index (χ0) is 13.4. The lowest BCUT2D eigenvalue weighted by molar-refractivity contribution is 0.315. The van der Waals surface area contributed by atoms with Crippen LogP contribution in [0.3, 0.4) is 0 Å². The van der Waals surface area contributed by atoms with Gasteiger partial charge in [-0.05, 0) is 18.9 Å². The Morgan fingerprint density at radius 2 is 2.11 bits per heavy atom. The van der Waals surface area contributed by atoms with Gasteiger partial charge in [-0.1, -0.05) is 32.0 Å². The van der Waals surface area contributed by atoms with Gasteiger partial charge in [0.1, 0.15) is 5.75 Å². The molecule has 0 aliphatic carbocycles. The van der Waals surface area contributed by atoms with Gasteiger partial charge in [0.2, 0.25) is 0 Å². The molecule has 1 rings (SSSR count). The standard InChI is InChI=1S/C14H23NO2S/c1-3-12(2)18(16)10-6-9-17-14-8-5-4-7-13(14)11-15/h4-5,7-8,12H,3,6,9-11,15H2,1-2H3. The van der Waals surface area contributed by atoms with E-state index in [-0.39, 0.29) is 5.25 Å². The van der Waals surface area contributed by atoms with E-state index in [1.807, 2.05) is 31.2 Å². The molecule has 102 valence electrons. The summed E-state index contributed by atoms with van der Waals surface area (Å²) in [7, 11) is -0.735. The third kappa shape index (κ3) is 4.78. The van der Waals surface area contributed by atoms with Crippen LogP contribution in [-0.4, -0.2) is 21.8 Å². The van der Waals surface area contributed by atoms with Crippen molar-refractivity contribution >= 4 is 10.8 Å². The van der Waals surface area contributed by atoms with Crippen molar-refractivity contribution in [1.29, 1.82) is 0 Å². The summed E-state index contributed by atoms with van der Waals surface area (Å²) in [5.74, 6) is 1.55. The van der Waals surface area contributed by atoms with Crippen molar-refractivity contribution in [3.63, 3.8) is 0 Å². The zero-order valence-electron chi connectivity index (χ0n) is 11.2. The van der Waals surface area contributed by atoms with Crippen molar-refractivity contribution in [3.8, 4) is 5.75 Å². The summed E-state index contributed by atoms with van der Waals surface area (Å²) < 4.78 is 17.4. The quantitative estimate of drug-likeness (QED) is 0.738. The van der Waals surface area contributed by atoms with Gasteiger partial charge in [-0.15, -0.1) is 0 Å². The molecule has 3 nitrogen and oxygen atoms in total. The molecule has 0 aliphatic heterocycles. The van der Waals surface area contributed by atoms with E-state index in [1.54, 1.807) is 0 Å². The fourth-order valence-electron chi connectivity index (χ4n) is 1.58. The smallest absolute Gasteiger partial charge is 0.123 e. The average Bonchev–Trinajstić information content (AvgIpc) is 2.42. The highest BCUT2D eigenvalue weighted by molar-refractivity contribution is 7.85. The Labute approximate surface area is 112 Å². The van der Waals surface area contributed by atoms with Crippen LogP contribution in [0.4, 0.5) is 0 Å². The molecule has 0 heterocycles. The van der Waals surface area contributed by atoms with Gasteiger partial charge in [0.25, 0.3) is 0 Å². The third-order valence-corrected chi connectivity index (χ3v) is 4.89. The highest BCUT2D eigenvalue weighted by Crippen LogP contribution is 2.17. The van der Waals surface area contributed by atoms with Crippen LogP contribution in [-0.2, 0) is 17.3 Å². The minimum absolute atomic E-state index is 0.279. The van der Waals surface area contributed by atoms with E-state index < -0.39 is 10.8 Å². The number of hydrogen-bond donors (Lipinski definition) is 1. The Morgan fingerprint density at radius 1 is 1.39 bits per heavy atom. The van der Waals surface area contributed by atoms with Gasteiger partial charge in [0.15, 0.2) is 0 Å². The zero-order valence-corrected chi connectivity index (χ0v) is 12.0. The third-order valence-electron chi connectivity index (χ3n) is 2.96. The number of benzene rings is 1. The summed E-state index contributed by atoms with van der Waals surface area (Å²) in [5.41, 5.74) is 6.65. The van der Waals surface area contributed by atoms with E-state index in [0.29, 0.717) is 18.9 Å². The molecule has 2 N–H and O–H groups in total. The Balaban J connectivity index is 2.32. The second-order valence-electron chi connectivity index (χ2n) is 4.32. The van der Waals surface area contributed by atoms with Crippen molar-refractivity contribution in [2.75, 3.05) is 12.4 Å². The van der Waals surface area contributed by atoms with Gasteiger partial charge in [-0.3, -0.25) is 4.21 Å². The molecule has 1 aromatic carbocycles. The molecule has 0 radical (unpaired) electrons. The summed E-state index contributed by atoms with van der Waals surface area (Å²) in [6, 6.07) is 7.78. The molecule has 18 heavy (non-hydrogen) atoms. The molecule has 2 atom stereocenters. The second kappa shape index (κ2) is 8.27. The number of nitrogens with two attached hydrogens (primary N) is 1. The van der Waals surface area contributed by atoms with Crippen molar-refractivity contribution in [2.24, 2.45) is 5.73 Å². The predicted molar refractivity (Wildman–Crippen MR) is 77.2 cm³/mol. The van der Waals surface area contributed by atoms with Crippen LogP contribution in [0, 0.1) is 0 Å². The molecule has 0 saturated heterocycles. The van der Waals surface area contributed by atoms with E-state index >= 15 is 0 Å². The number of para-hydroxylation sites is 1. The molecule has 0 aliphatic rings. The topological polar surface area (TPSA) is 52.3 Å². The Hall–Kier alpha value is -0.870. The fourth-order valence-corrected chi connectivity index (χ4v) is 2.76. The van der Waals surface area contributed by atoms with Gasteiger partial charge in [0, 0.05) is 33.9 Å². The highest BCUT2D eigenvalue weighted by atomic mass is 32.2. The van der Waals surface area contributed by atoms with Crippen LogP contribution in [0.15, 0.2) is 24.3 Å². The fraction of sp³-hybridized carbons (Fsp3) is 0.571. The van der Waals surface area contributed by atoms with E-state index in [9.17, 15) is 4.21 Å². The molecule has 0 saturated carbocycles. The molecule has 2 unspecified atom stereocenters. The molecule has 0 bridgehead atoms. The molecule has 0 amide bonds. The van der Waals surface area contributed by atoms with Crippen molar-refractivity contribution < 1.29 is 8.95 Å². The normalized spacial score (nSPS) is 14.2. The van der Waals surface area contributed by atoms with Gasteiger partial charge in [0.05, 0.1) is 6.61 Å². The molecule has 4 heteroatoms. The molecule has 1 aromatic rings. The summed E-state index contributed by atoms with van der Waals surface area (Å²) in [5, 5.41) is 0.279. The van der Waals surface area contributed by atoms with Crippen molar-refractivity contribution in [2.45, 2.75) is 38.5 Å². The molecule has 0 spiro atoms. The van der Waals surface area contributed by atoms with Crippen LogP contribution in [0.25, 0.3) is 0 Å². The van der Waals surface area contributed by atoms with E-state index in [1.165, 1.54) is 0 Å². The SMILES string of the molecule is CCC(C)S(=O)CCCOc1ccccc1CN. The van der Waals surface area contributed by atoms with Crippen LogP contribution in [0.2, 0.25) is 0 Å². The minimum atomic E-state index is -0.735. The summed E-state index contributed by atoms with van der Waals surface area (Å²) in [6.45, 7) is 5.17. The Kier molecular flexibility index (Phi) is 6.98. The Morgan fingerprint density at radius 3 is 2.78 bits per heavy atom. The lowest BCUT2D eigenvalue weighted by atomic mass is 10.2. The molecule has 0 aromatic heterocycles. The largest absolute Gasteiger partial charge is 0.493 e. The number of rotatable bonds is 8. The Bertz CT molecular complexity index is 382. The first-order valence-electron chi connectivity index (χ1n) is 6.47. The van der Waals surface area contributed by atoms with Gasteiger partial charge < -0.3 is 10.5 Å². The number of hydrogen-bond acceptors (Lipinski definition) is 3. The average molecular weight is 269 g/mol. The summed E-state index contributed by atoms with van der Waals surface area (Å²) >= 11 is 0. The van der Waals surface area contributed by atoms with Crippen LogP contribution < -0.4 is 10.5 Å². The monoisotopic (exact) mass is 269 g/mol. The first-order valence-corrected chi connectivity index (χ1v) is 7.85. The lowest BCUT2D eigenvalue weighted by Gasteiger charge is -2.11. The van der Waals surface area contributed by atoms with Gasteiger partial charge >= 0.3 is 0 Å². The van der Waals surface area contributed by atoms with Crippen molar-refractivity contribution in [1.82, 2.24) is 0 Å². The summed E-state index contributed by atoms with van der Waals surface area (Å²) in [6.07, 6.45) is 1.78. The lowest BCUT2D eigenvalue weighted by Crippen LogP contribution is -2.14. The molecular weight excluding hydrogens is 246 g/mol. The van der Waals surface area contributed by atoms with E-state index in [2.05, 4.69) is 6.92 Å². The van der Waals surface area contributed by atoms with Gasteiger partial charge in [-0.25, -0.2) is 0 Å². The van der Waals surface area contributed by atoms with Crippen LogP contribution in [0.5, 0.6) is 5.75 Å². The maximum Gasteiger partial charge on any atom is 0.123 e. The minimum Gasteiger partial charge on any atom is -0.493 e. The van der Waals surface area contributed by atoms with Crippen LogP contribution in [0.1, 0.15) is 32.3 Å². The van der Waals surface area contributed by atoms with Crippen LogP contribution >= 0.6 is 0 Å². The maximum absolute atomic E-state index is 11.7. The van der Waals surface area contributed by atoms with E-state index in [0.717, 1.165) is 24.2 Å².